The summed E-state index contributed by atoms with van der Waals surface area (Å²) in [6.07, 6.45) is 6.41. The third-order valence-corrected chi connectivity index (χ3v) is 7.81. The Morgan fingerprint density at radius 1 is 1.03 bits per heavy atom. The summed E-state index contributed by atoms with van der Waals surface area (Å²) in [6.45, 7) is 8.05. The fourth-order valence-electron chi connectivity index (χ4n) is 5.50. The molecule has 3 aromatic rings. The minimum atomic E-state index is 0.0954. The molecular formula is C27H34ClN5O. The molecule has 2 aliphatic rings. The van der Waals surface area contributed by atoms with Gasteiger partial charge in [-0.3, -0.25) is 4.79 Å². The molecule has 1 aliphatic heterocycles. The van der Waals surface area contributed by atoms with Crippen molar-refractivity contribution >= 4 is 29.0 Å². The van der Waals surface area contributed by atoms with Crippen LogP contribution in [0.15, 0.2) is 30.3 Å². The second-order valence-electron chi connectivity index (χ2n) is 10.2. The highest BCUT2D eigenvalue weighted by atomic mass is 35.5. The Bertz CT molecular complexity index is 1170. The smallest absolute Gasteiger partial charge is 0.223 e. The molecule has 1 aromatic carbocycles. The van der Waals surface area contributed by atoms with Crippen LogP contribution in [0.3, 0.4) is 0 Å². The van der Waals surface area contributed by atoms with Gasteiger partial charge in [0.15, 0.2) is 5.65 Å². The zero-order valence-electron chi connectivity index (χ0n) is 20.4. The van der Waals surface area contributed by atoms with Gasteiger partial charge in [-0.2, -0.15) is 9.61 Å². The number of carbonyl (C=O) groups excluding carboxylic acids is 1. The van der Waals surface area contributed by atoms with Gasteiger partial charge in [0.05, 0.1) is 5.69 Å². The van der Waals surface area contributed by atoms with E-state index in [0.29, 0.717) is 11.1 Å². The normalized spacial score (nSPS) is 21.7. The van der Waals surface area contributed by atoms with E-state index in [2.05, 4.69) is 23.2 Å². The predicted octanol–water partition coefficient (Wildman–Crippen LogP) is 5.58. The molecule has 3 heterocycles. The average molecular weight is 480 g/mol. The molecule has 2 fully saturated rings. The summed E-state index contributed by atoms with van der Waals surface area (Å²) >= 11 is 6.11. The van der Waals surface area contributed by atoms with Gasteiger partial charge in [-0.15, -0.1) is 0 Å². The van der Waals surface area contributed by atoms with Crippen molar-refractivity contribution in [1.29, 1.82) is 0 Å². The number of aromatic nitrogens is 3. The van der Waals surface area contributed by atoms with Gasteiger partial charge in [0.25, 0.3) is 0 Å². The number of piperidine rings is 1. The van der Waals surface area contributed by atoms with E-state index in [1.807, 2.05) is 42.6 Å². The second-order valence-corrected chi connectivity index (χ2v) is 10.6. The van der Waals surface area contributed by atoms with Crippen LogP contribution in [0, 0.1) is 25.7 Å². The lowest BCUT2D eigenvalue weighted by molar-refractivity contribution is -0.126. The molecule has 0 spiro atoms. The van der Waals surface area contributed by atoms with Crippen molar-refractivity contribution < 1.29 is 4.79 Å². The van der Waals surface area contributed by atoms with Crippen molar-refractivity contribution in [2.45, 2.75) is 65.3 Å². The number of fused-ring (bicyclic) bond motifs is 1. The van der Waals surface area contributed by atoms with Crippen LogP contribution in [0.1, 0.15) is 56.8 Å². The van der Waals surface area contributed by atoms with Gasteiger partial charge in [0.1, 0.15) is 5.82 Å². The van der Waals surface area contributed by atoms with E-state index in [-0.39, 0.29) is 11.8 Å². The first-order valence-corrected chi connectivity index (χ1v) is 12.9. The largest absolute Gasteiger partial charge is 0.356 e. The molecule has 1 saturated carbocycles. The summed E-state index contributed by atoms with van der Waals surface area (Å²) in [5.74, 6) is 2.18. The number of hydrogen-bond acceptors (Lipinski definition) is 4. The third kappa shape index (κ3) is 4.65. The van der Waals surface area contributed by atoms with Crippen LogP contribution in [0.25, 0.3) is 16.8 Å². The van der Waals surface area contributed by atoms with Crippen LogP contribution >= 0.6 is 11.6 Å². The standard InChI is InChI=1S/C27H34ClN5O/c1-17-4-10-23(11-5-17)30-27(34)21-12-14-32(15-13-21)24-16-18(2)29-26-25(19(3)31-33(24)26)20-6-8-22(28)9-7-20/h6-9,16-17,21,23H,4-5,10-15H2,1-3H3,(H,30,34). The number of hydrogen-bond donors (Lipinski definition) is 1. The second kappa shape index (κ2) is 9.57. The summed E-state index contributed by atoms with van der Waals surface area (Å²) in [6, 6.07) is 10.3. The number of rotatable bonds is 4. The molecule has 0 radical (unpaired) electrons. The molecule has 1 amide bonds. The Labute approximate surface area is 206 Å². The lowest BCUT2D eigenvalue weighted by Crippen LogP contribution is -2.45. The molecule has 1 aliphatic carbocycles. The lowest BCUT2D eigenvalue weighted by atomic mass is 9.86. The Balaban J connectivity index is 1.33. The summed E-state index contributed by atoms with van der Waals surface area (Å²) in [7, 11) is 0. The average Bonchev–Trinajstić information content (AvgIpc) is 3.16. The first kappa shape index (κ1) is 23.2. The molecule has 0 bridgehead atoms. The highest BCUT2D eigenvalue weighted by Gasteiger charge is 2.29. The topological polar surface area (TPSA) is 62.5 Å². The number of aryl methyl sites for hydroxylation is 2. The Kier molecular flexibility index (Phi) is 6.52. The number of halogens is 1. The predicted molar refractivity (Wildman–Crippen MR) is 137 cm³/mol. The van der Waals surface area contributed by atoms with E-state index in [4.69, 9.17) is 21.7 Å². The van der Waals surface area contributed by atoms with Crippen LogP contribution in [-0.2, 0) is 4.79 Å². The lowest BCUT2D eigenvalue weighted by Gasteiger charge is -2.34. The zero-order valence-corrected chi connectivity index (χ0v) is 21.1. The van der Waals surface area contributed by atoms with Gasteiger partial charge in [-0.1, -0.05) is 30.7 Å². The Morgan fingerprint density at radius 2 is 1.71 bits per heavy atom. The van der Waals surface area contributed by atoms with Gasteiger partial charge >= 0.3 is 0 Å². The molecule has 180 valence electrons. The van der Waals surface area contributed by atoms with Gasteiger partial charge in [-0.05, 0) is 76.0 Å². The maximum Gasteiger partial charge on any atom is 0.223 e. The fourth-order valence-corrected chi connectivity index (χ4v) is 5.63. The Morgan fingerprint density at radius 3 is 2.38 bits per heavy atom. The number of anilines is 1. The molecule has 0 unspecified atom stereocenters. The number of nitrogens with zero attached hydrogens (tertiary/aromatic N) is 4. The van der Waals surface area contributed by atoms with E-state index in [9.17, 15) is 4.79 Å². The van der Waals surface area contributed by atoms with Crippen molar-refractivity contribution in [3.63, 3.8) is 0 Å². The first-order valence-electron chi connectivity index (χ1n) is 12.6. The monoisotopic (exact) mass is 479 g/mol. The minimum Gasteiger partial charge on any atom is -0.356 e. The number of nitrogens with one attached hydrogen (secondary N) is 1. The maximum absolute atomic E-state index is 12.9. The summed E-state index contributed by atoms with van der Waals surface area (Å²) in [5, 5.41) is 8.92. The summed E-state index contributed by atoms with van der Waals surface area (Å²) in [5.41, 5.74) is 4.87. The molecule has 6 nitrogen and oxygen atoms in total. The van der Waals surface area contributed by atoms with Crippen LogP contribution in [0.5, 0.6) is 0 Å². The van der Waals surface area contributed by atoms with E-state index in [1.54, 1.807) is 0 Å². The van der Waals surface area contributed by atoms with Crippen LogP contribution in [-0.4, -0.2) is 39.6 Å². The van der Waals surface area contributed by atoms with E-state index in [1.165, 1.54) is 12.8 Å². The minimum absolute atomic E-state index is 0.0954. The number of carbonyl (C=O) groups is 1. The van der Waals surface area contributed by atoms with Crippen molar-refractivity contribution in [3.8, 4) is 11.1 Å². The van der Waals surface area contributed by atoms with Crippen LogP contribution in [0.4, 0.5) is 5.82 Å². The third-order valence-electron chi connectivity index (χ3n) is 7.56. The Hall–Kier alpha value is -2.60. The quantitative estimate of drug-likeness (QED) is 0.530. The molecule has 1 N–H and O–H groups in total. The first-order chi connectivity index (χ1) is 16.4. The molecule has 5 rings (SSSR count). The summed E-state index contributed by atoms with van der Waals surface area (Å²) in [4.78, 5) is 20.1. The molecule has 2 aromatic heterocycles. The molecule has 1 saturated heterocycles. The molecule has 7 heteroatoms. The van der Waals surface area contributed by atoms with Crippen molar-refractivity contribution in [2.75, 3.05) is 18.0 Å². The van der Waals surface area contributed by atoms with Crippen molar-refractivity contribution in [1.82, 2.24) is 19.9 Å². The van der Waals surface area contributed by atoms with Gasteiger partial charge in [-0.25, -0.2) is 4.98 Å². The van der Waals surface area contributed by atoms with E-state index in [0.717, 1.165) is 78.7 Å². The van der Waals surface area contributed by atoms with E-state index < -0.39 is 0 Å². The molecule has 0 atom stereocenters. The van der Waals surface area contributed by atoms with Gasteiger partial charge in [0, 0.05) is 47.4 Å². The maximum atomic E-state index is 12.9. The van der Waals surface area contributed by atoms with Crippen LogP contribution in [0.2, 0.25) is 5.02 Å². The van der Waals surface area contributed by atoms with Gasteiger partial charge < -0.3 is 10.2 Å². The van der Waals surface area contributed by atoms with E-state index >= 15 is 0 Å². The van der Waals surface area contributed by atoms with Crippen molar-refractivity contribution in [2.24, 2.45) is 11.8 Å². The molecule has 34 heavy (non-hydrogen) atoms. The van der Waals surface area contributed by atoms with Crippen molar-refractivity contribution in [3.05, 3.63) is 46.7 Å². The van der Waals surface area contributed by atoms with Gasteiger partial charge in [0.2, 0.25) is 5.91 Å². The fraction of sp³-hybridized carbons (Fsp3) is 0.519. The molecular weight excluding hydrogens is 446 g/mol. The SMILES string of the molecule is Cc1cc(N2CCC(C(=O)NC3CCC(C)CC3)CC2)n2nc(C)c(-c3ccc(Cl)cc3)c2n1. The highest BCUT2D eigenvalue weighted by Crippen LogP contribution is 2.32. The number of benzene rings is 1. The van der Waals surface area contributed by atoms with Crippen LogP contribution < -0.4 is 10.2 Å². The zero-order chi connectivity index (χ0) is 23.8. The summed E-state index contributed by atoms with van der Waals surface area (Å²) < 4.78 is 1.97. The highest BCUT2D eigenvalue weighted by molar-refractivity contribution is 6.30. The number of amides is 1.